The Labute approximate surface area is 288 Å². The van der Waals surface area contributed by atoms with E-state index < -0.39 is 46.3 Å². The maximum absolute atomic E-state index is 13.6. The van der Waals surface area contributed by atoms with Gasteiger partial charge in [-0.2, -0.15) is 4.72 Å². The average Bonchev–Trinajstić information content (AvgIpc) is 3.09. The van der Waals surface area contributed by atoms with Gasteiger partial charge in [0.05, 0.1) is 17.9 Å². The fourth-order valence-electron chi connectivity index (χ4n) is 5.28. The minimum atomic E-state index is -4.23. The molecule has 4 rings (SSSR count). The molecule has 4 aromatic rings. The quantitative estimate of drug-likeness (QED) is 0.133. The highest BCUT2D eigenvalue weighted by molar-refractivity contribution is 7.89. The van der Waals surface area contributed by atoms with Gasteiger partial charge in [0.25, 0.3) is 0 Å². The molecule has 49 heavy (non-hydrogen) atoms. The Morgan fingerprint density at radius 3 is 2.27 bits per heavy atom. The molecule has 0 saturated heterocycles. The van der Waals surface area contributed by atoms with Crippen LogP contribution in [0.4, 0.5) is 0 Å². The summed E-state index contributed by atoms with van der Waals surface area (Å²) in [4.78, 5) is 39.8. The third kappa shape index (κ3) is 11.0. The molecule has 0 saturated carbocycles. The van der Waals surface area contributed by atoms with Crippen molar-refractivity contribution in [2.45, 2.75) is 70.2 Å². The van der Waals surface area contributed by atoms with E-state index in [0.29, 0.717) is 5.92 Å². The molecule has 0 aliphatic rings. The van der Waals surface area contributed by atoms with Crippen LogP contribution in [0, 0.1) is 12.8 Å². The standard InChI is InChI=1S/C38H45N3O7S/c1-5-26(2)20-29-16-19-33-30(21-29)12-9-13-31(33)23-39-37(43)35(25-47-4)40-38(44)34(22-36(42)48-24-28-10-7-6-8-11-28)41-49(45,46)32-17-14-27(3)15-18-32/h6-19,21,26,34-35,41H,5,20,22-25H2,1-4H3,(H,39,43)(H,40,44). The molecule has 4 aromatic carbocycles. The Balaban J connectivity index is 1.47. The van der Waals surface area contributed by atoms with Gasteiger partial charge in [-0.1, -0.05) is 105 Å². The van der Waals surface area contributed by atoms with Crippen molar-refractivity contribution in [3.63, 3.8) is 0 Å². The number of hydrogen-bond donors (Lipinski definition) is 3. The molecule has 3 N–H and O–H groups in total. The number of carbonyl (C=O) groups excluding carboxylic acids is 3. The number of hydrogen-bond acceptors (Lipinski definition) is 7. The van der Waals surface area contributed by atoms with Gasteiger partial charge in [0.1, 0.15) is 18.7 Å². The normalized spacial score (nSPS) is 13.3. The zero-order valence-corrected chi connectivity index (χ0v) is 29.2. The summed E-state index contributed by atoms with van der Waals surface area (Å²) in [5, 5.41) is 7.51. The Bertz CT molecular complexity index is 1830. The molecule has 260 valence electrons. The molecule has 0 heterocycles. The second-order valence-electron chi connectivity index (χ2n) is 12.3. The first kappa shape index (κ1) is 37.2. The second-order valence-corrected chi connectivity index (χ2v) is 14.0. The van der Waals surface area contributed by atoms with Gasteiger partial charge in [-0.15, -0.1) is 0 Å². The van der Waals surface area contributed by atoms with Crippen LogP contribution in [0.3, 0.4) is 0 Å². The molecule has 0 aromatic heterocycles. The Morgan fingerprint density at radius 1 is 0.837 bits per heavy atom. The van der Waals surface area contributed by atoms with E-state index in [9.17, 15) is 22.8 Å². The molecular formula is C38H45N3O7S. The Morgan fingerprint density at radius 2 is 1.57 bits per heavy atom. The van der Waals surface area contributed by atoms with E-state index in [4.69, 9.17) is 9.47 Å². The lowest BCUT2D eigenvalue weighted by Gasteiger charge is -2.22. The number of ether oxygens (including phenoxy) is 2. The Hall–Kier alpha value is -4.58. The van der Waals surface area contributed by atoms with Crippen LogP contribution in [-0.2, 0) is 53.5 Å². The zero-order chi connectivity index (χ0) is 35.4. The fraction of sp³-hybridized carbons (Fsp3) is 0.342. The molecule has 0 spiro atoms. The van der Waals surface area contributed by atoms with Gasteiger partial charge in [0.15, 0.2) is 0 Å². The van der Waals surface area contributed by atoms with Crippen molar-refractivity contribution >= 4 is 38.6 Å². The monoisotopic (exact) mass is 687 g/mol. The molecule has 2 amide bonds. The van der Waals surface area contributed by atoms with Crippen LogP contribution in [-0.4, -0.2) is 52.0 Å². The summed E-state index contributed by atoms with van der Waals surface area (Å²) in [6.07, 6.45) is 1.47. The predicted octanol–water partition coefficient (Wildman–Crippen LogP) is 4.96. The smallest absolute Gasteiger partial charge is 0.308 e. The minimum Gasteiger partial charge on any atom is -0.461 e. The van der Waals surface area contributed by atoms with Gasteiger partial charge in [-0.3, -0.25) is 14.4 Å². The third-order valence-corrected chi connectivity index (χ3v) is 9.78. The molecular weight excluding hydrogens is 642 g/mol. The van der Waals surface area contributed by atoms with Gasteiger partial charge in [-0.25, -0.2) is 8.42 Å². The molecule has 0 radical (unpaired) electrons. The summed E-state index contributed by atoms with van der Waals surface area (Å²) < 4.78 is 39.4. The second kappa shape index (κ2) is 17.7. The topological polar surface area (TPSA) is 140 Å². The van der Waals surface area contributed by atoms with Crippen LogP contribution in [0.1, 0.15) is 48.9 Å². The van der Waals surface area contributed by atoms with Crippen LogP contribution in [0.25, 0.3) is 10.8 Å². The van der Waals surface area contributed by atoms with Crippen molar-refractivity contribution in [3.05, 3.63) is 113 Å². The van der Waals surface area contributed by atoms with Crippen molar-refractivity contribution in [3.8, 4) is 0 Å². The van der Waals surface area contributed by atoms with Gasteiger partial charge in [-0.05, 0) is 58.9 Å². The number of esters is 1. The van der Waals surface area contributed by atoms with E-state index in [2.05, 4.69) is 47.4 Å². The first-order valence-electron chi connectivity index (χ1n) is 16.3. The summed E-state index contributed by atoms with van der Waals surface area (Å²) in [6, 6.07) is 24.5. The average molecular weight is 688 g/mol. The van der Waals surface area contributed by atoms with E-state index in [-0.39, 0.29) is 24.7 Å². The van der Waals surface area contributed by atoms with Gasteiger partial charge >= 0.3 is 5.97 Å². The molecule has 10 nitrogen and oxygen atoms in total. The number of amides is 2. The van der Waals surface area contributed by atoms with Crippen LogP contribution in [0.2, 0.25) is 0 Å². The van der Waals surface area contributed by atoms with Crippen molar-refractivity contribution in [1.82, 2.24) is 15.4 Å². The summed E-state index contributed by atoms with van der Waals surface area (Å²) in [7, 11) is -2.85. The van der Waals surface area contributed by atoms with E-state index >= 15 is 0 Å². The van der Waals surface area contributed by atoms with E-state index in [1.54, 1.807) is 36.4 Å². The van der Waals surface area contributed by atoms with E-state index in [1.165, 1.54) is 24.8 Å². The number of carbonyl (C=O) groups is 3. The first-order valence-corrected chi connectivity index (χ1v) is 17.8. The highest BCUT2D eigenvalue weighted by Crippen LogP contribution is 2.23. The van der Waals surface area contributed by atoms with Crippen molar-refractivity contribution < 1.29 is 32.3 Å². The zero-order valence-electron chi connectivity index (χ0n) is 28.4. The lowest BCUT2D eigenvalue weighted by atomic mass is 9.95. The molecule has 0 bridgehead atoms. The highest BCUT2D eigenvalue weighted by atomic mass is 32.2. The van der Waals surface area contributed by atoms with Crippen LogP contribution in [0.5, 0.6) is 0 Å². The summed E-state index contributed by atoms with van der Waals surface area (Å²) >= 11 is 0. The highest BCUT2D eigenvalue weighted by Gasteiger charge is 2.32. The first-order chi connectivity index (χ1) is 23.5. The molecule has 0 fully saturated rings. The third-order valence-electron chi connectivity index (χ3n) is 8.29. The predicted molar refractivity (Wildman–Crippen MR) is 189 cm³/mol. The van der Waals surface area contributed by atoms with Gasteiger partial charge in [0, 0.05) is 13.7 Å². The maximum atomic E-state index is 13.6. The van der Waals surface area contributed by atoms with Gasteiger partial charge in [0.2, 0.25) is 21.8 Å². The largest absolute Gasteiger partial charge is 0.461 e. The van der Waals surface area contributed by atoms with E-state index in [1.807, 2.05) is 31.2 Å². The van der Waals surface area contributed by atoms with Gasteiger partial charge < -0.3 is 20.1 Å². The lowest BCUT2D eigenvalue weighted by molar-refractivity contribution is -0.147. The van der Waals surface area contributed by atoms with Crippen molar-refractivity contribution in [1.29, 1.82) is 0 Å². The molecule has 0 aliphatic heterocycles. The molecule has 3 unspecified atom stereocenters. The van der Waals surface area contributed by atoms with E-state index in [0.717, 1.165) is 40.3 Å². The summed E-state index contributed by atoms with van der Waals surface area (Å²) in [5.41, 5.74) is 3.73. The molecule has 0 aliphatic carbocycles. The van der Waals surface area contributed by atoms with Crippen LogP contribution >= 0.6 is 0 Å². The molecule has 3 atom stereocenters. The molecule has 11 heteroatoms. The summed E-state index contributed by atoms with van der Waals surface area (Å²) in [5.74, 6) is -1.65. The number of benzene rings is 4. The van der Waals surface area contributed by atoms with Crippen LogP contribution < -0.4 is 15.4 Å². The number of rotatable bonds is 17. The summed E-state index contributed by atoms with van der Waals surface area (Å²) in [6.45, 7) is 6.16. The number of aryl methyl sites for hydroxylation is 1. The van der Waals surface area contributed by atoms with Crippen LogP contribution in [0.15, 0.2) is 95.9 Å². The maximum Gasteiger partial charge on any atom is 0.308 e. The fourth-order valence-corrected chi connectivity index (χ4v) is 6.48. The Kier molecular flexibility index (Phi) is 13.5. The lowest BCUT2D eigenvalue weighted by Crippen LogP contribution is -2.55. The minimum absolute atomic E-state index is 0.0548. The van der Waals surface area contributed by atoms with Crippen molar-refractivity contribution in [2.75, 3.05) is 13.7 Å². The number of fused-ring (bicyclic) bond motifs is 1. The number of methoxy groups -OCH3 is 1. The number of sulfonamides is 1. The van der Waals surface area contributed by atoms with Crippen molar-refractivity contribution in [2.24, 2.45) is 5.92 Å². The number of nitrogens with one attached hydrogen (secondary N) is 3. The SMILES string of the molecule is CCC(C)Cc1ccc2c(CNC(=O)C(COC)NC(=O)C(CC(=O)OCc3ccccc3)NS(=O)(=O)c3ccc(C)cc3)cccc2c1.